The summed E-state index contributed by atoms with van der Waals surface area (Å²) in [6, 6.07) is 19.0. The second kappa shape index (κ2) is 11.4. The maximum atomic E-state index is 9.65. The van der Waals surface area contributed by atoms with Gasteiger partial charge in [-0.15, -0.1) is 0 Å². The van der Waals surface area contributed by atoms with E-state index in [0.717, 1.165) is 15.7 Å². The van der Waals surface area contributed by atoms with Crippen molar-refractivity contribution in [3.05, 3.63) is 176 Å². The SMILES string of the molecule is [2H]c1c([2H])c([2H])c2c(c1[2H])c1cc(-n3c4c([2H])c([2H])c([2H])c([2H])c4c4c([2H])c([2H])c([2H])c([2H])c43)c([2H])c([2H])c1n2-c1cccc(-c2nc(-c3ccccc3)nc(-c3ccccc3)n2)c1. The smallest absolute Gasteiger partial charge is 0.164 e. The molecule has 50 heavy (non-hydrogen) atoms. The molecule has 0 bridgehead atoms. The number of aromatic nitrogens is 5. The Morgan fingerprint density at radius 1 is 0.360 bits per heavy atom. The van der Waals surface area contributed by atoms with Crippen LogP contribution < -0.4 is 0 Å². The Bertz CT molecular complexity index is 3530. The zero-order valence-corrected chi connectivity index (χ0v) is 25.9. The van der Waals surface area contributed by atoms with Crippen molar-refractivity contribution in [2.24, 2.45) is 0 Å². The lowest BCUT2D eigenvalue weighted by atomic mass is 10.1. The third kappa shape index (κ3) is 4.52. The minimum absolute atomic E-state index is 0.00284. The number of nitrogens with zero attached hydrogens (tertiary/aromatic N) is 5. The van der Waals surface area contributed by atoms with Crippen LogP contribution >= 0.6 is 0 Å². The fourth-order valence-corrected chi connectivity index (χ4v) is 6.34. The zero-order valence-electron chi connectivity index (χ0n) is 39.9. The quantitative estimate of drug-likeness (QED) is 0.186. The fraction of sp³-hybridized carbons (Fsp3) is 0. The van der Waals surface area contributed by atoms with Crippen LogP contribution in [0.25, 0.3) is 89.2 Å². The maximum Gasteiger partial charge on any atom is 0.164 e. The normalized spacial score (nSPS) is 15.5. The highest BCUT2D eigenvalue weighted by Crippen LogP contribution is 2.37. The Balaban J connectivity index is 1.31. The number of hydrogen-bond donors (Lipinski definition) is 0. The van der Waals surface area contributed by atoms with Crippen molar-refractivity contribution in [3.8, 4) is 45.5 Å². The van der Waals surface area contributed by atoms with E-state index in [2.05, 4.69) is 0 Å². The minimum atomic E-state index is -0.661. The molecule has 3 aromatic heterocycles. The first-order valence-electron chi connectivity index (χ1n) is 22.7. The van der Waals surface area contributed by atoms with Crippen molar-refractivity contribution in [2.45, 2.75) is 0 Å². The highest BCUT2D eigenvalue weighted by Gasteiger charge is 2.18. The third-order valence-electron chi connectivity index (χ3n) is 8.56. The Kier molecular flexibility index (Phi) is 3.99. The van der Waals surface area contributed by atoms with Gasteiger partial charge in [-0.25, -0.2) is 15.0 Å². The van der Waals surface area contributed by atoms with Crippen LogP contribution in [0.5, 0.6) is 0 Å². The molecule has 10 rings (SSSR count). The first-order chi connectivity index (χ1) is 30.6. The van der Waals surface area contributed by atoms with Crippen molar-refractivity contribution in [1.82, 2.24) is 24.1 Å². The van der Waals surface area contributed by atoms with Crippen LogP contribution in [0.1, 0.15) is 19.2 Å². The summed E-state index contributed by atoms with van der Waals surface area (Å²) in [5, 5.41) is -0.393. The summed E-state index contributed by atoms with van der Waals surface area (Å²) in [5.74, 6) is 1.09. The van der Waals surface area contributed by atoms with Gasteiger partial charge in [0, 0.05) is 49.6 Å². The molecule has 3 heterocycles. The van der Waals surface area contributed by atoms with Gasteiger partial charge in [0.05, 0.1) is 41.3 Å². The van der Waals surface area contributed by atoms with E-state index in [1.165, 1.54) is 10.6 Å². The van der Waals surface area contributed by atoms with Crippen LogP contribution in [-0.2, 0) is 0 Å². The van der Waals surface area contributed by atoms with Crippen molar-refractivity contribution >= 4 is 43.6 Å². The van der Waals surface area contributed by atoms with E-state index >= 15 is 0 Å². The lowest BCUT2D eigenvalue weighted by Crippen LogP contribution is -2.01. The Morgan fingerprint density at radius 2 is 0.800 bits per heavy atom. The molecule has 5 nitrogen and oxygen atoms in total. The number of fused-ring (bicyclic) bond motifs is 6. The third-order valence-corrected chi connectivity index (χ3v) is 8.56. The first-order valence-corrected chi connectivity index (χ1v) is 15.7. The van der Waals surface area contributed by atoms with Crippen LogP contribution in [0.3, 0.4) is 0 Å². The molecule has 234 valence electrons. The maximum absolute atomic E-state index is 9.65. The summed E-state index contributed by atoms with van der Waals surface area (Å²) in [7, 11) is 0. The molecule has 0 amide bonds. The van der Waals surface area contributed by atoms with Crippen molar-refractivity contribution in [1.29, 1.82) is 0 Å². The molecular weight excluding hydrogens is 611 g/mol. The van der Waals surface area contributed by atoms with Gasteiger partial charge < -0.3 is 9.13 Å². The topological polar surface area (TPSA) is 48.5 Å². The van der Waals surface area contributed by atoms with E-state index in [9.17, 15) is 5.48 Å². The summed E-state index contributed by atoms with van der Waals surface area (Å²) in [4.78, 5) is 14.5. The highest BCUT2D eigenvalue weighted by molar-refractivity contribution is 6.12. The molecule has 0 saturated carbocycles. The predicted molar refractivity (Wildman–Crippen MR) is 205 cm³/mol. The van der Waals surface area contributed by atoms with E-state index in [1.807, 2.05) is 60.7 Å². The van der Waals surface area contributed by atoms with Gasteiger partial charge >= 0.3 is 0 Å². The summed E-state index contributed by atoms with van der Waals surface area (Å²) < 4.78 is 127. The van der Waals surface area contributed by atoms with E-state index in [1.54, 1.807) is 24.3 Å². The average molecular weight is 654 g/mol. The second-order valence-corrected chi connectivity index (χ2v) is 11.5. The second-order valence-electron chi connectivity index (χ2n) is 11.5. The van der Waals surface area contributed by atoms with Crippen LogP contribution in [0.2, 0.25) is 0 Å². The molecule has 0 unspecified atom stereocenters. The summed E-state index contributed by atoms with van der Waals surface area (Å²) in [6.07, 6.45) is 0. The van der Waals surface area contributed by atoms with E-state index in [-0.39, 0.29) is 55.1 Å². The minimum Gasteiger partial charge on any atom is -0.309 e. The molecular formula is C45H29N5. The van der Waals surface area contributed by atoms with Crippen molar-refractivity contribution in [3.63, 3.8) is 0 Å². The monoisotopic (exact) mass is 653 g/mol. The van der Waals surface area contributed by atoms with Gasteiger partial charge in [-0.05, 0) is 48.4 Å². The van der Waals surface area contributed by atoms with Gasteiger partial charge in [-0.2, -0.15) is 0 Å². The molecule has 0 spiro atoms. The molecule has 5 heteroatoms. The number of para-hydroxylation sites is 3. The molecule has 7 aromatic carbocycles. The molecule has 0 atom stereocenters. The summed E-state index contributed by atoms with van der Waals surface area (Å²) in [5.41, 5.74) is 1.53. The Labute approximate surface area is 308 Å². The van der Waals surface area contributed by atoms with Crippen LogP contribution in [0.15, 0.2) is 176 Å². The van der Waals surface area contributed by atoms with Crippen molar-refractivity contribution < 1.29 is 19.2 Å². The first kappa shape index (κ1) is 17.5. The van der Waals surface area contributed by atoms with Gasteiger partial charge in [0.1, 0.15) is 0 Å². The molecule has 0 fully saturated rings. The lowest BCUT2D eigenvalue weighted by molar-refractivity contribution is 1.07. The molecule has 0 aliphatic rings. The molecule has 0 aliphatic carbocycles. The molecule has 0 aliphatic heterocycles. The number of hydrogen-bond acceptors (Lipinski definition) is 3. The lowest BCUT2D eigenvalue weighted by Gasteiger charge is -2.12. The summed E-state index contributed by atoms with van der Waals surface area (Å²) in [6.45, 7) is 0. The average Bonchev–Trinajstić information content (AvgIpc) is 3.86. The van der Waals surface area contributed by atoms with Crippen LogP contribution in [0, 0.1) is 0 Å². The van der Waals surface area contributed by atoms with Gasteiger partial charge in [-0.1, -0.05) is 127 Å². The van der Waals surface area contributed by atoms with Gasteiger partial charge in [0.25, 0.3) is 0 Å². The Hall–Kier alpha value is -6.85. The molecule has 0 N–H and O–H groups in total. The van der Waals surface area contributed by atoms with Gasteiger partial charge in [0.2, 0.25) is 0 Å². The van der Waals surface area contributed by atoms with Gasteiger partial charge in [0.15, 0.2) is 17.5 Å². The fourth-order valence-electron chi connectivity index (χ4n) is 6.34. The van der Waals surface area contributed by atoms with Crippen molar-refractivity contribution in [2.75, 3.05) is 0 Å². The molecule has 0 saturated heterocycles. The molecule has 10 aromatic rings. The van der Waals surface area contributed by atoms with Crippen LogP contribution in [0.4, 0.5) is 0 Å². The van der Waals surface area contributed by atoms with Crippen LogP contribution in [-0.4, -0.2) is 24.1 Å². The van der Waals surface area contributed by atoms with E-state index in [4.69, 9.17) is 28.7 Å². The predicted octanol–water partition coefficient (Wildman–Crippen LogP) is 11.1. The zero-order chi connectivity index (χ0) is 45.2. The van der Waals surface area contributed by atoms with Gasteiger partial charge in [-0.3, -0.25) is 0 Å². The standard InChI is InChI=1S/C45H29N5/c1-3-14-30(15-4-1)43-46-44(31-16-5-2-6-17-31)48-45(47-43)32-18-13-19-33(28-32)49-41-25-12-9-22-37(41)38-29-34(26-27-42(38)49)50-39-23-10-7-20-35(39)36-21-8-11-24-40(36)50/h1-29H/i7D,8D,9D,10D,11D,12D,20D,21D,22D,23D,24D,25D,26D,27D. The molecule has 0 radical (unpaired) electrons. The largest absolute Gasteiger partial charge is 0.309 e. The number of benzene rings is 7. The summed E-state index contributed by atoms with van der Waals surface area (Å²) >= 11 is 0. The highest BCUT2D eigenvalue weighted by atomic mass is 15.0. The number of rotatable bonds is 5. The van der Waals surface area contributed by atoms with E-state index in [0.29, 0.717) is 22.9 Å². The Morgan fingerprint density at radius 3 is 1.36 bits per heavy atom. The van der Waals surface area contributed by atoms with E-state index < -0.39 is 84.6 Å².